The summed E-state index contributed by atoms with van der Waals surface area (Å²) in [6, 6.07) is 6.68. The molecule has 104 valence electrons. The lowest BCUT2D eigenvalue weighted by Crippen LogP contribution is -2.44. The number of amides is 1. The number of nitrogens with one attached hydrogen (secondary N) is 2. The van der Waals surface area contributed by atoms with Crippen molar-refractivity contribution < 1.29 is 14.7 Å². The van der Waals surface area contributed by atoms with Crippen molar-refractivity contribution in [2.24, 2.45) is 5.92 Å². The lowest BCUT2D eigenvalue weighted by molar-refractivity contribution is -0.140. The Balaban J connectivity index is 2.50. The third kappa shape index (κ3) is 5.56. The summed E-state index contributed by atoms with van der Waals surface area (Å²) in [5.74, 6) is -1.28. The summed E-state index contributed by atoms with van der Waals surface area (Å²) in [5.41, 5.74) is 0.704. The van der Waals surface area contributed by atoms with Crippen molar-refractivity contribution in [3.63, 3.8) is 0 Å². The normalized spacial score (nSPS) is 12.2. The van der Waals surface area contributed by atoms with Gasteiger partial charge >= 0.3 is 5.97 Å². The van der Waals surface area contributed by atoms with Gasteiger partial charge in [0.25, 0.3) is 0 Å². The van der Waals surface area contributed by atoms with Crippen LogP contribution in [0.3, 0.4) is 0 Å². The van der Waals surface area contributed by atoms with Crippen LogP contribution in [-0.4, -0.2) is 29.6 Å². The number of carbonyl (C=O) groups excluding carboxylic acids is 1. The summed E-state index contributed by atoms with van der Waals surface area (Å²) in [5, 5.41) is 14.4. The molecule has 5 nitrogen and oxygen atoms in total. The van der Waals surface area contributed by atoms with E-state index in [-0.39, 0.29) is 18.4 Å². The van der Waals surface area contributed by atoms with Gasteiger partial charge in [0.15, 0.2) is 0 Å². The predicted molar refractivity (Wildman–Crippen MR) is 82.1 cm³/mol. The van der Waals surface area contributed by atoms with E-state index >= 15 is 0 Å². The first kappa shape index (κ1) is 15.9. The van der Waals surface area contributed by atoms with Gasteiger partial charge in [-0.3, -0.25) is 14.9 Å². The van der Waals surface area contributed by atoms with E-state index in [0.717, 1.165) is 3.57 Å². The standard InChI is InChI=1S/C13H17IN2O3/c1-8(2)12(13(18)19)15-7-11(17)16-10-5-3-4-9(14)6-10/h3-6,8,12,15H,7H2,1-2H3,(H,16,17)(H,18,19). The molecule has 0 aromatic heterocycles. The second kappa shape index (κ2) is 7.44. The third-order valence-electron chi connectivity index (χ3n) is 2.52. The van der Waals surface area contributed by atoms with Crippen molar-refractivity contribution in [2.45, 2.75) is 19.9 Å². The molecule has 1 aromatic rings. The minimum Gasteiger partial charge on any atom is -0.480 e. The molecule has 1 amide bonds. The van der Waals surface area contributed by atoms with Gasteiger partial charge in [0.2, 0.25) is 5.91 Å². The Morgan fingerprint density at radius 2 is 2.05 bits per heavy atom. The van der Waals surface area contributed by atoms with Crippen LogP contribution in [0.15, 0.2) is 24.3 Å². The monoisotopic (exact) mass is 376 g/mol. The first-order chi connectivity index (χ1) is 8.90. The number of carboxylic acid groups (broad SMARTS) is 1. The second-order valence-electron chi connectivity index (χ2n) is 4.50. The van der Waals surface area contributed by atoms with Gasteiger partial charge in [-0.2, -0.15) is 0 Å². The van der Waals surface area contributed by atoms with Crippen molar-refractivity contribution in [3.05, 3.63) is 27.8 Å². The zero-order valence-electron chi connectivity index (χ0n) is 10.8. The van der Waals surface area contributed by atoms with Gasteiger partial charge in [-0.15, -0.1) is 0 Å². The molecule has 0 saturated carbocycles. The number of rotatable bonds is 6. The second-order valence-corrected chi connectivity index (χ2v) is 5.74. The molecule has 0 aliphatic carbocycles. The number of carbonyl (C=O) groups is 2. The Morgan fingerprint density at radius 3 is 2.58 bits per heavy atom. The number of halogens is 1. The van der Waals surface area contributed by atoms with E-state index in [0.29, 0.717) is 5.69 Å². The molecule has 19 heavy (non-hydrogen) atoms. The molecule has 0 radical (unpaired) electrons. The number of hydrogen-bond donors (Lipinski definition) is 3. The number of hydrogen-bond acceptors (Lipinski definition) is 3. The van der Waals surface area contributed by atoms with Crippen molar-refractivity contribution in [2.75, 3.05) is 11.9 Å². The van der Waals surface area contributed by atoms with Crippen LogP contribution in [0.5, 0.6) is 0 Å². The van der Waals surface area contributed by atoms with E-state index in [1.165, 1.54) is 0 Å². The summed E-state index contributed by atoms with van der Waals surface area (Å²) >= 11 is 2.16. The van der Waals surface area contributed by atoms with Crippen LogP contribution in [0.25, 0.3) is 0 Å². The number of carboxylic acids is 1. The average molecular weight is 376 g/mol. The summed E-state index contributed by atoms with van der Waals surface area (Å²) in [7, 11) is 0. The van der Waals surface area contributed by atoms with Gasteiger partial charge in [0.1, 0.15) is 6.04 Å². The van der Waals surface area contributed by atoms with E-state index < -0.39 is 12.0 Å². The van der Waals surface area contributed by atoms with Crippen LogP contribution in [0.4, 0.5) is 5.69 Å². The van der Waals surface area contributed by atoms with Crippen LogP contribution in [-0.2, 0) is 9.59 Å². The molecule has 1 aromatic carbocycles. The zero-order chi connectivity index (χ0) is 14.4. The zero-order valence-corrected chi connectivity index (χ0v) is 13.0. The molecular weight excluding hydrogens is 359 g/mol. The van der Waals surface area contributed by atoms with Gasteiger partial charge in [-0.1, -0.05) is 19.9 Å². The Morgan fingerprint density at radius 1 is 1.37 bits per heavy atom. The fraction of sp³-hybridized carbons (Fsp3) is 0.385. The van der Waals surface area contributed by atoms with Crippen molar-refractivity contribution in [1.29, 1.82) is 0 Å². The van der Waals surface area contributed by atoms with Gasteiger partial charge in [0, 0.05) is 9.26 Å². The smallest absolute Gasteiger partial charge is 0.320 e. The van der Waals surface area contributed by atoms with Crippen LogP contribution in [0.2, 0.25) is 0 Å². The maximum atomic E-state index is 11.7. The Hall–Kier alpha value is -1.15. The van der Waals surface area contributed by atoms with Crippen molar-refractivity contribution in [1.82, 2.24) is 5.32 Å². The summed E-state index contributed by atoms with van der Waals surface area (Å²) < 4.78 is 1.02. The van der Waals surface area contributed by atoms with Crippen molar-refractivity contribution in [3.8, 4) is 0 Å². The average Bonchev–Trinajstić information content (AvgIpc) is 2.27. The molecule has 1 unspecified atom stereocenters. The van der Waals surface area contributed by atoms with Crippen LogP contribution in [0, 0.1) is 9.49 Å². The molecule has 1 atom stereocenters. The van der Waals surface area contributed by atoms with Gasteiger partial charge in [0.05, 0.1) is 6.54 Å². The number of aliphatic carboxylic acids is 1. The highest BCUT2D eigenvalue weighted by Crippen LogP contribution is 2.12. The Bertz CT molecular complexity index is 463. The fourth-order valence-corrected chi connectivity index (χ4v) is 2.13. The number of benzene rings is 1. The SMILES string of the molecule is CC(C)C(NCC(=O)Nc1cccc(I)c1)C(=O)O. The Kier molecular flexibility index (Phi) is 6.23. The quantitative estimate of drug-likeness (QED) is 0.663. The van der Waals surface area contributed by atoms with E-state index in [2.05, 4.69) is 33.2 Å². The largest absolute Gasteiger partial charge is 0.480 e. The van der Waals surface area contributed by atoms with E-state index in [1.807, 2.05) is 18.2 Å². The van der Waals surface area contributed by atoms with Gasteiger partial charge in [-0.25, -0.2) is 0 Å². The molecular formula is C13H17IN2O3. The predicted octanol–water partition coefficient (Wildman–Crippen LogP) is 1.93. The summed E-state index contributed by atoms with van der Waals surface area (Å²) in [6.45, 7) is 3.56. The van der Waals surface area contributed by atoms with Crippen LogP contribution < -0.4 is 10.6 Å². The van der Waals surface area contributed by atoms with Gasteiger partial charge < -0.3 is 10.4 Å². The molecule has 0 aliphatic heterocycles. The highest BCUT2D eigenvalue weighted by Gasteiger charge is 2.21. The first-order valence-corrected chi connectivity index (χ1v) is 6.99. The Labute approximate surface area is 125 Å². The maximum absolute atomic E-state index is 11.7. The highest BCUT2D eigenvalue weighted by atomic mass is 127. The maximum Gasteiger partial charge on any atom is 0.320 e. The molecule has 0 spiro atoms. The molecule has 3 N–H and O–H groups in total. The number of anilines is 1. The summed E-state index contributed by atoms with van der Waals surface area (Å²) in [4.78, 5) is 22.7. The van der Waals surface area contributed by atoms with Crippen molar-refractivity contribution >= 4 is 40.2 Å². The molecule has 1 rings (SSSR count). The molecule has 0 aliphatic rings. The molecule has 0 bridgehead atoms. The van der Waals surface area contributed by atoms with E-state index in [9.17, 15) is 9.59 Å². The summed E-state index contributed by atoms with van der Waals surface area (Å²) in [6.07, 6.45) is 0. The van der Waals surface area contributed by atoms with E-state index in [1.54, 1.807) is 19.9 Å². The van der Waals surface area contributed by atoms with Gasteiger partial charge in [-0.05, 0) is 46.7 Å². The van der Waals surface area contributed by atoms with E-state index in [4.69, 9.17) is 5.11 Å². The fourth-order valence-electron chi connectivity index (χ4n) is 1.58. The molecule has 0 fully saturated rings. The minimum absolute atomic E-state index is 0.0272. The topological polar surface area (TPSA) is 78.4 Å². The van der Waals surface area contributed by atoms with Crippen LogP contribution in [0.1, 0.15) is 13.8 Å². The molecule has 0 saturated heterocycles. The lowest BCUT2D eigenvalue weighted by atomic mass is 10.1. The minimum atomic E-state index is -0.947. The molecule has 0 heterocycles. The highest BCUT2D eigenvalue weighted by molar-refractivity contribution is 14.1. The third-order valence-corrected chi connectivity index (χ3v) is 3.19. The van der Waals surface area contributed by atoms with Crippen LogP contribution >= 0.6 is 22.6 Å². The first-order valence-electron chi connectivity index (χ1n) is 5.91. The lowest BCUT2D eigenvalue weighted by Gasteiger charge is -2.17. The molecule has 6 heteroatoms.